The smallest absolute Gasteiger partial charge is 0.417 e. The van der Waals surface area contributed by atoms with Crippen molar-refractivity contribution in [2.45, 2.75) is 31.9 Å². The van der Waals surface area contributed by atoms with E-state index in [9.17, 15) is 18.3 Å². The minimum absolute atomic E-state index is 0.0117. The molecular formula is C21H16F3N3O. The van der Waals surface area contributed by atoms with Crippen molar-refractivity contribution in [2.24, 2.45) is 0 Å². The molecule has 0 amide bonds. The van der Waals surface area contributed by atoms with Crippen LogP contribution in [-0.2, 0) is 19.0 Å². The molecule has 0 saturated heterocycles. The fourth-order valence-corrected chi connectivity index (χ4v) is 4.24. The summed E-state index contributed by atoms with van der Waals surface area (Å²) >= 11 is 0. The van der Waals surface area contributed by atoms with Crippen molar-refractivity contribution in [3.8, 4) is 17.0 Å². The molecule has 0 atom stereocenters. The quantitative estimate of drug-likeness (QED) is 0.464. The highest BCUT2D eigenvalue weighted by Crippen LogP contribution is 2.43. The molecule has 0 aliphatic heterocycles. The zero-order valence-electron chi connectivity index (χ0n) is 14.8. The van der Waals surface area contributed by atoms with Gasteiger partial charge in [-0.05, 0) is 67.1 Å². The number of pyridine rings is 1. The van der Waals surface area contributed by atoms with Crippen molar-refractivity contribution >= 4 is 21.8 Å². The van der Waals surface area contributed by atoms with Crippen LogP contribution in [0.4, 0.5) is 13.2 Å². The molecule has 0 bridgehead atoms. The van der Waals surface area contributed by atoms with E-state index in [0.29, 0.717) is 17.6 Å². The summed E-state index contributed by atoms with van der Waals surface area (Å²) in [6.45, 7) is 0. The summed E-state index contributed by atoms with van der Waals surface area (Å²) in [6.07, 6.45) is 0.539. The van der Waals surface area contributed by atoms with Crippen LogP contribution >= 0.6 is 0 Å². The molecule has 4 nitrogen and oxygen atoms in total. The number of fused-ring (bicyclic) bond motifs is 5. The highest BCUT2D eigenvalue weighted by molar-refractivity contribution is 6.07. The number of nitrogens with zero attached hydrogens (tertiary/aromatic N) is 2. The highest BCUT2D eigenvalue weighted by atomic mass is 19.4. The number of aromatic nitrogens is 3. The van der Waals surface area contributed by atoms with Crippen LogP contribution in [0.3, 0.4) is 0 Å². The minimum atomic E-state index is -4.58. The first-order valence-corrected chi connectivity index (χ1v) is 9.11. The number of nitrogens with one attached hydrogen (secondary N) is 1. The predicted molar refractivity (Wildman–Crippen MR) is 100 cm³/mol. The molecule has 0 saturated carbocycles. The molecule has 0 radical (unpaired) electrons. The van der Waals surface area contributed by atoms with Gasteiger partial charge in [0.25, 0.3) is 0 Å². The lowest BCUT2D eigenvalue weighted by molar-refractivity contribution is -0.137. The Morgan fingerprint density at radius 1 is 1.00 bits per heavy atom. The van der Waals surface area contributed by atoms with Crippen LogP contribution in [0.1, 0.15) is 29.5 Å². The second kappa shape index (κ2) is 5.95. The molecule has 1 aliphatic carbocycles. The van der Waals surface area contributed by atoms with Crippen LogP contribution in [0.15, 0.2) is 36.5 Å². The number of aryl methyl sites for hydroxylation is 1. The zero-order chi connectivity index (χ0) is 19.5. The molecule has 7 heteroatoms. The van der Waals surface area contributed by atoms with Gasteiger partial charge in [-0.15, -0.1) is 0 Å². The summed E-state index contributed by atoms with van der Waals surface area (Å²) in [6, 6.07) is 7.04. The lowest BCUT2D eigenvalue weighted by Gasteiger charge is -2.23. The maximum Gasteiger partial charge on any atom is 0.417 e. The third-order valence-electron chi connectivity index (χ3n) is 5.45. The largest absolute Gasteiger partial charge is 0.508 e. The van der Waals surface area contributed by atoms with Crippen molar-refractivity contribution in [1.29, 1.82) is 0 Å². The van der Waals surface area contributed by atoms with E-state index in [2.05, 4.69) is 15.2 Å². The Kier molecular flexibility index (Phi) is 3.62. The van der Waals surface area contributed by atoms with Crippen LogP contribution in [0.25, 0.3) is 33.1 Å². The SMILES string of the molecule is Oc1ccc(-c2nc3ccc4[nH]ncc4c3c3c2CCCC3)c(C(F)(F)F)c1. The number of phenolic OH excluding ortho intramolecular Hbond substituents is 1. The maximum atomic E-state index is 13.7. The number of hydrogen-bond acceptors (Lipinski definition) is 3. The number of phenols is 1. The first kappa shape index (κ1) is 17.0. The second-order valence-corrected chi connectivity index (χ2v) is 7.14. The number of benzene rings is 2. The van der Waals surface area contributed by atoms with Crippen LogP contribution in [0, 0.1) is 0 Å². The van der Waals surface area contributed by atoms with E-state index in [0.717, 1.165) is 52.7 Å². The van der Waals surface area contributed by atoms with Gasteiger partial charge in [0.05, 0.1) is 28.5 Å². The summed E-state index contributed by atoms with van der Waals surface area (Å²) in [4.78, 5) is 4.67. The number of aromatic hydroxyl groups is 1. The summed E-state index contributed by atoms with van der Waals surface area (Å²) in [5, 5.41) is 18.6. The van der Waals surface area contributed by atoms with Crippen molar-refractivity contribution in [2.75, 3.05) is 0 Å². The first-order chi connectivity index (χ1) is 13.4. The van der Waals surface area contributed by atoms with Crippen molar-refractivity contribution in [3.63, 3.8) is 0 Å². The maximum absolute atomic E-state index is 13.7. The molecule has 0 spiro atoms. The summed E-state index contributed by atoms with van der Waals surface area (Å²) in [5.74, 6) is -0.411. The third kappa shape index (κ3) is 2.53. The van der Waals surface area contributed by atoms with E-state index in [1.54, 1.807) is 6.20 Å². The van der Waals surface area contributed by atoms with Gasteiger partial charge in [0.1, 0.15) is 5.75 Å². The van der Waals surface area contributed by atoms with Gasteiger partial charge in [-0.25, -0.2) is 4.98 Å². The Balaban J connectivity index is 1.89. The van der Waals surface area contributed by atoms with Crippen molar-refractivity contribution in [3.05, 3.63) is 53.2 Å². The van der Waals surface area contributed by atoms with E-state index in [1.807, 2.05) is 12.1 Å². The molecule has 4 aromatic rings. The third-order valence-corrected chi connectivity index (χ3v) is 5.45. The van der Waals surface area contributed by atoms with Crippen molar-refractivity contribution < 1.29 is 18.3 Å². The van der Waals surface area contributed by atoms with Gasteiger partial charge >= 0.3 is 6.18 Å². The molecule has 5 rings (SSSR count). The van der Waals surface area contributed by atoms with Gasteiger partial charge in [0.15, 0.2) is 0 Å². The van der Waals surface area contributed by atoms with E-state index >= 15 is 0 Å². The Hall–Kier alpha value is -3.09. The van der Waals surface area contributed by atoms with Gasteiger partial charge in [-0.3, -0.25) is 5.10 Å². The number of aromatic amines is 1. The van der Waals surface area contributed by atoms with Crippen LogP contribution in [0.2, 0.25) is 0 Å². The van der Waals surface area contributed by atoms with E-state index in [4.69, 9.17) is 0 Å². The molecule has 2 heterocycles. The van der Waals surface area contributed by atoms with Crippen LogP contribution in [0.5, 0.6) is 5.75 Å². The number of alkyl halides is 3. The molecule has 2 aromatic heterocycles. The number of H-pyrrole nitrogens is 1. The normalized spacial score (nSPS) is 14.5. The van der Waals surface area contributed by atoms with Crippen molar-refractivity contribution in [1.82, 2.24) is 15.2 Å². The molecule has 2 N–H and O–H groups in total. The Bertz CT molecular complexity index is 1230. The molecule has 0 unspecified atom stereocenters. The molecule has 0 fully saturated rings. The Morgan fingerprint density at radius 2 is 1.79 bits per heavy atom. The molecule has 142 valence electrons. The fraction of sp³-hybridized carbons (Fsp3) is 0.238. The highest BCUT2D eigenvalue weighted by Gasteiger charge is 2.35. The average Bonchev–Trinajstić information content (AvgIpc) is 3.15. The fourth-order valence-electron chi connectivity index (χ4n) is 4.24. The van der Waals surface area contributed by atoms with Gasteiger partial charge in [0.2, 0.25) is 0 Å². The number of halogens is 3. The summed E-state index contributed by atoms with van der Waals surface area (Å²) in [5.41, 5.74) is 2.97. The van der Waals surface area contributed by atoms with Crippen LogP contribution in [-0.4, -0.2) is 20.3 Å². The lowest BCUT2D eigenvalue weighted by atomic mass is 9.84. The van der Waals surface area contributed by atoms with E-state index < -0.39 is 17.5 Å². The summed E-state index contributed by atoms with van der Waals surface area (Å²) < 4.78 is 41.0. The lowest BCUT2D eigenvalue weighted by Crippen LogP contribution is -2.12. The second-order valence-electron chi connectivity index (χ2n) is 7.14. The van der Waals surface area contributed by atoms with Gasteiger partial charge in [-0.2, -0.15) is 18.3 Å². The van der Waals surface area contributed by atoms with Crippen LogP contribution < -0.4 is 0 Å². The minimum Gasteiger partial charge on any atom is -0.508 e. The number of rotatable bonds is 1. The zero-order valence-corrected chi connectivity index (χ0v) is 14.8. The standard InChI is InChI=1S/C21H16F3N3O/c22-21(23,24)16-9-11(28)5-6-14(16)20-13-4-2-1-3-12(13)19-15-10-25-27-17(15)7-8-18(19)26-20/h5-10,28H,1-4H2,(H,25,27). The van der Waals surface area contributed by atoms with Gasteiger partial charge in [0, 0.05) is 16.3 Å². The Labute approximate surface area is 158 Å². The monoisotopic (exact) mass is 383 g/mol. The molecular weight excluding hydrogens is 367 g/mol. The summed E-state index contributed by atoms with van der Waals surface area (Å²) in [7, 11) is 0. The Morgan fingerprint density at radius 3 is 2.57 bits per heavy atom. The molecule has 28 heavy (non-hydrogen) atoms. The topological polar surface area (TPSA) is 61.8 Å². The van der Waals surface area contributed by atoms with Gasteiger partial charge in [-0.1, -0.05) is 0 Å². The first-order valence-electron chi connectivity index (χ1n) is 9.11. The predicted octanol–water partition coefficient (Wildman–Crippen LogP) is 5.38. The molecule has 2 aromatic carbocycles. The average molecular weight is 383 g/mol. The van der Waals surface area contributed by atoms with E-state index in [1.165, 1.54) is 12.1 Å². The van der Waals surface area contributed by atoms with E-state index in [-0.39, 0.29) is 5.56 Å². The molecule has 1 aliphatic rings. The van der Waals surface area contributed by atoms with Gasteiger partial charge < -0.3 is 5.11 Å². The number of hydrogen-bond donors (Lipinski definition) is 2.